The van der Waals surface area contributed by atoms with Crippen LogP contribution in [0.1, 0.15) is 43.0 Å². The van der Waals surface area contributed by atoms with Crippen LogP contribution in [0.15, 0.2) is 54.7 Å². The van der Waals surface area contributed by atoms with Gasteiger partial charge in [0.25, 0.3) is 0 Å². The van der Waals surface area contributed by atoms with Gasteiger partial charge in [-0.25, -0.2) is 4.57 Å². The Bertz CT molecular complexity index is 1240. The van der Waals surface area contributed by atoms with Gasteiger partial charge in [0, 0.05) is 11.5 Å². The number of nitrogens with zero attached hydrogens (tertiary/aromatic N) is 1. The van der Waals surface area contributed by atoms with Crippen LogP contribution in [0, 0.1) is 26.2 Å². The van der Waals surface area contributed by atoms with E-state index in [-0.39, 0.29) is 5.41 Å². The van der Waals surface area contributed by atoms with E-state index in [0.717, 1.165) is 6.42 Å². The first-order valence-electron chi connectivity index (χ1n) is 10.6. The lowest BCUT2D eigenvalue weighted by atomic mass is 9.85. The molecule has 29 heavy (non-hydrogen) atoms. The lowest BCUT2D eigenvalue weighted by Crippen LogP contribution is -2.30. The summed E-state index contributed by atoms with van der Waals surface area (Å²) in [6.45, 7) is 13.6. The van der Waals surface area contributed by atoms with Crippen LogP contribution in [0.4, 0.5) is 0 Å². The number of pyridine rings is 1. The number of aromatic nitrogens is 1. The molecule has 0 N–H and O–H groups in total. The maximum absolute atomic E-state index is 2.33. The van der Waals surface area contributed by atoms with Crippen LogP contribution >= 0.6 is 0 Å². The second kappa shape index (κ2) is 6.99. The molecular weight excluding hydrogens is 350 g/mol. The molecular formula is C28H32N+. The quantitative estimate of drug-likeness (QED) is 0.260. The fourth-order valence-electron chi connectivity index (χ4n) is 4.63. The molecule has 1 aromatic heterocycles. The lowest BCUT2D eigenvalue weighted by molar-refractivity contribution is -0.659. The zero-order chi connectivity index (χ0) is 20.9. The Balaban J connectivity index is 2.05. The van der Waals surface area contributed by atoms with Crippen LogP contribution in [0.2, 0.25) is 0 Å². The summed E-state index contributed by atoms with van der Waals surface area (Å²) in [5.74, 6) is 0. The highest BCUT2D eigenvalue weighted by Gasteiger charge is 2.20. The van der Waals surface area contributed by atoms with Gasteiger partial charge in [0.05, 0.1) is 10.9 Å². The molecule has 0 atom stereocenters. The van der Waals surface area contributed by atoms with Crippen molar-refractivity contribution in [3.8, 4) is 11.3 Å². The maximum Gasteiger partial charge on any atom is 0.220 e. The van der Waals surface area contributed by atoms with Gasteiger partial charge in [-0.2, -0.15) is 0 Å². The smallest absolute Gasteiger partial charge is 0.200 e. The van der Waals surface area contributed by atoms with Gasteiger partial charge < -0.3 is 0 Å². The van der Waals surface area contributed by atoms with Gasteiger partial charge in [0.15, 0.2) is 6.20 Å². The van der Waals surface area contributed by atoms with Gasteiger partial charge in [-0.1, -0.05) is 56.7 Å². The van der Waals surface area contributed by atoms with Crippen molar-refractivity contribution in [1.29, 1.82) is 0 Å². The molecule has 1 heteroatoms. The summed E-state index contributed by atoms with van der Waals surface area (Å²) in [6.07, 6.45) is 3.30. The molecule has 0 unspecified atom stereocenters. The average Bonchev–Trinajstić information content (AvgIpc) is 2.63. The number of fused-ring (bicyclic) bond motifs is 3. The van der Waals surface area contributed by atoms with Crippen molar-refractivity contribution in [2.75, 3.05) is 0 Å². The molecule has 1 heterocycles. The third kappa shape index (κ3) is 3.55. The summed E-state index contributed by atoms with van der Waals surface area (Å²) in [6, 6.07) is 18.3. The predicted molar refractivity (Wildman–Crippen MR) is 125 cm³/mol. The van der Waals surface area contributed by atoms with Crippen molar-refractivity contribution >= 4 is 21.5 Å². The Morgan fingerprint density at radius 3 is 2.21 bits per heavy atom. The fourth-order valence-corrected chi connectivity index (χ4v) is 4.63. The molecule has 0 aliphatic rings. The zero-order valence-electron chi connectivity index (χ0n) is 18.9. The van der Waals surface area contributed by atoms with E-state index in [0.29, 0.717) is 0 Å². The van der Waals surface area contributed by atoms with E-state index in [4.69, 9.17) is 0 Å². The minimum atomic E-state index is 0.272. The van der Waals surface area contributed by atoms with Gasteiger partial charge in [-0.05, 0) is 72.2 Å². The first kappa shape index (κ1) is 19.6. The number of hydrogen-bond acceptors (Lipinski definition) is 0. The molecule has 0 radical (unpaired) electrons. The van der Waals surface area contributed by atoms with Crippen molar-refractivity contribution in [2.24, 2.45) is 12.5 Å². The molecule has 0 spiro atoms. The second-order valence-electron chi connectivity index (χ2n) is 9.81. The molecule has 4 aromatic rings. The molecule has 0 aliphatic carbocycles. The monoisotopic (exact) mass is 382 g/mol. The SMILES string of the molecule is Cc1cc(C)c(C)c(-c2c3ccc4c(CC(C)(C)C)cccc4c3cc[n+]2C)c1. The standard InChI is InChI=1S/C28H32N/c1-18-15-19(2)20(3)26(16-18)27-25-12-11-22-21(17-28(4,5)6)9-8-10-23(22)24(25)13-14-29(27)7/h8-16H,17H2,1-7H3/q+1. The summed E-state index contributed by atoms with van der Waals surface area (Å²) in [7, 11) is 2.16. The molecule has 148 valence electrons. The minimum absolute atomic E-state index is 0.272. The molecule has 0 saturated carbocycles. The Kier molecular flexibility index (Phi) is 4.73. The van der Waals surface area contributed by atoms with Crippen LogP contribution in [0.25, 0.3) is 32.8 Å². The third-order valence-corrected chi connectivity index (χ3v) is 6.05. The first-order chi connectivity index (χ1) is 13.7. The lowest BCUT2D eigenvalue weighted by Gasteiger charge is -2.20. The van der Waals surface area contributed by atoms with Crippen LogP contribution in [-0.4, -0.2) is 0 Å². The van der Waals surface area contributed by atoms with Crippen LogP contribution in [0.5, 0.6) is 0 Å². The van der Waals surface area contributed by atoms with E-state index in [1.165, 1.54) is 55.1 Å². The molecule has 0 amide bonds. The molecule has 0 bridgehead atoms. The Morgan fingerprint density at radius 1 is 0.793 bits per heavy atom. The van der Waals surface area contributed by atoms with Crippen LogP contribution in [-0.2, 0) is 13.5 Å². The van der Waals surface area contributed by atoms with Gasteiger partial charge in [0.2, 0.25) is 5.69 Å². The summed E-state index contributed by atoms with van der Waals surface area (Å²) in [4.78, 5) is 0. The molecule has 3 aromatic carbocycles. The van der Waals surface area contributed by atoms with E-state index >= 15 is 0 Å². The van der Waals surface area contributed by atoms with E-state index in [1.54, 1.807) is 0 Å². The number of hydrogen-bond donors (Lipinski definition) is 0. The fraction of sp³-hybridized carbons (Fsp3) is 0.321. The number of benzene rings is 3. The van der Waals surface area contributed by atoms with E-state index in [9.17, 15) is 0 Å². The van der Waals surface area contributed by atoms with E-state index in [1.807, 2.05) is 0 Å². The van der Waals surface area contributed by atoms with Crippen LogP contribution in [0.3, 0.4) is 0 Å². The summed E-state index contributed by atoms with van der Waals surface area (Å²) < 4.78 is 2.27. The summed E-state index contributed by atoms with van der Waals surface area (Å²) in [5, 5.41) is 5.40. The molecule has 4 rings (SSSR count). The Labute approximate surface area is 175 Å². The van der Waals surface area contributed by atoms with E-state index < -0.39 is 0 Å². The zero-order valence-corrected chi connectivity index (χ0v) is 18.9. The number of rotatable bonds is 2. The highest BCUT2D eigenvalue weighted by Crippen LogP contribution is 2.35. The highest BCUT2D eigenvalue weighted by atomic mass is 14.9. The summed E-state index contributed by atoms with van der Waals surface area (Å²) in [5.41, 5.74) is 8.37. The van der Waals surface area contributed by atoms with Crippen molar-refractivity contribution < 1.29 is 4.57 Å². The van der Waals surface area contributed by atoms with Gasteiger partial charge in [0.1, 0.15) is 7.05 Å². The topological polar surface area (TPSA) is 3.88 Å². The largest absolute Gasteiger partial charge is 0.220 e. The number of aryl methyl sites for hydroxylation is 3. The van der Waals surface area contributed by atoms with Crippen molar-refractivity contribution in [1.82, 2.24) is 0 Å². The Morgan fingerprint density at radius 2 is 1.48 bits per heavy atom. The van der Waals surface area contributed by atoms with Crippen molar-refractivity contribution in [3.05, 3.63) is 77.0 Å². The first-order valence-corrected chi connectivity index (χ1v) is 10.6. The van der Waals surface area contributed by atoms with Gasteiger partial charge in [-0.15, -0.1) is 0 Å². The van der Waals surface area contributed by atoms with Crippen molar-refractivity contribution in [2.45, 2.75) is 48.0 Å². The second-order valence-corrected chi connectivity index (χ2v) is 9.81. The minimum Gasteiger partial charge on any atom is -0.200 e. The normalized spacial score (nSPS) is 12.1. The highest BCUT2D eigenvalue weighted by molar-refractivity contribution is 6.11. The van der Waals surface area contributed by atoms with E-state index in [2.05, 4.69) is 108 Å². The van der Waals surface area contributed by atoms with Gasteiger partial charge >= 0.3 is 0 Å². The average molecular weight is 383 g/mol. The Hall–Kier alpha value is -2.67. The maximum atomic E-state index is 2.33. The molecule has 0 fully saturated rings. The molecule has 0 aliphatic heterocycles. The van der Waals surface area contributed by atoms with Gasteiger partial charge in [-0.3, -0.25) is 0 Å². The molecule has 0 saturated heterocycles. The molecule has 1 nitrogen and oxygen atoms in total. The summed E-state index contributed by atoms with van der Waals surface area (Å²) >= 11 is 0. The van der Waals surface area contributed by atoms with Crippen molar-refractivity contribution in [3.63, 3.8) is 0 Å². The predicted octanol–water partition coefficient (Wildman–Crippen LogP) is 7.00. The van der Waals surface area contributed by atoms with Crippen LogP contribution < -0.4 is 4.57 Å². The third-order valence-electron chi connectivity index (χ3n) is 6.05.